The number of carbonyl (C=O) groups excluding carboxylic acids is 3. The van der Waals surface area contributed by atoms with E-state index in [4.69, 9.17) is 15.2 Å². The Hall–Kier alpha value is -3.38. The van der Waals surface area contributed by atoms with E-state index in [-0.39, 0.29) is 33.2 Å². The van der Waals surface area contributed by atoms with E-state index in [2.05, 4.69) is 15.5 Å². The average molecular weight is 504 g/mol. The predicted octanol–water partition coefficient (Wildman–Crippen LogP) is 3.25. The number of esters is 1. The molecule has 3 N–H and O–H groups in total. The zero-order valence-corrected chi connectivity index (χ0v) is 21.0. The summed E-state index contributed by atoms with van der Waals surface area (Å²) in [5, 5.41) is 11.8. The second-order valence-corrected chi connectivity index (χ2v) is 9.39. The number of rotatable bonds is 9. The zero-order chi connectivity index (χ0) is 25.0. The number of nitrogens with one attached hydrogen (secondary N) is 1. The summed E-state index contributed by atoms with van der Waals surface area (Å²) in [4.78, 5) is 36.6. The number of aromatic nitrogens is 3. The minimum Gasteiger partial charge on any atom is -0.483 e. The molecule has 1 unspecified atom stereocenters. The van der Waals surface area contributed by atoms with Crippen molar-refractivity contribution < 1.29 is 23.9 Å². The molecule has 10 nitrogen and oxygen atoms in total. The van der Waals surface area contributed by atoms with Crippen LogP contribution < -0.4 is 15.8 Å². The molecule has 0 radical (unpaired) electrons. The third kappa shape index (κ3) is 5.57. The summed E-state index contributed by atoms with van der Waals surface area (Å²) < 4.78 is 12.5. The van der Waals surface area contributed by atoms with Crippen molar-refractivity contribution in [3.63, 3.8) is 0 Å². The first-order valence-corrected chi connectivity index (χ1v) is 12.0. The predicted molar refractivity (Wildman–Crippen MR) is 129 cm³/mol. The highest BCUT2D eigenvalue weighted by Crippen LogP contribution is 2.33. The molecule has 0 bridgehead atoms. The number of thiophene rings is 1. The third-order valence-electron chi connectivity index (χ3n) is 4.88. The van der Waals surface area contributed by atoms with Crippen LogP contribution in [0.25, 0.3) is 0 Å². The number of methoxy groups -OCH3 is 1. The Morgan fingerprint density at radius 3 is 2.65 bits per heavy atom. The molecule has 3 rings (SSSR count). The Morgan fingerprint density at radius 1 is 1.26 bits per heavy atom. The van der Waals surface area contributed by atoms with Crippen LogP contribution in [0, 0.1) is 13.8 Å². The van der Waals surface area contributed by atoms with E-state index in [9.17, 15) is 14.4 Å². The maximum absolute atomic E-state index is 12.6. The number of nitrogens with two attached hydrogens (primary N) is 1. The van der Waals surface area contributed by atoms with Gasteiger partial charge in [-0.3, -0.25) is 9.59 Å². The van der Waals surface area contributed by atoms with Crippen LogP contribution in [0.5, 0.6) is 5.75 Å². The Morgan fingerprint density at radius 2 is 2.00 bits per heavy atom. The van der Waals surface area contributed by atoms with Gasteiger partial charge in [-0.15, -0.1) is 21.5 Å². The minimum absolute atomic E-state index is 0.00254. The fourth-order valence-corrected chi connectivity index (χ4v) is 5.01. The lowest BCUT2D eigenvalue weighted by atomic mass is 10.1. The number of amides is 2. The number of hydrogen-bond donors (Lipinski definition) is 2. The molecule has 34 heavy (non-hydrogen) atoms. The fourth-order valence-electron chi connectivity index (χ4n) is 3.23. The SMILES string of the molecule is COC(=O)c1c(NC(=O)CSc2nnc(C(C)Oc3cccc(C)c3)n2C)sc(C(N)=O)c1C. The summed E-state index contributed by atoms with van der Waals surface area (Å²) >= 11 is 2.11. The number of anilines is 1. The largest absolute Gasteiger partial charge is 0.483 e. The number of hydrogen-bond acceptors (Lipinski definition) is 9. The molecular formula is C22H25N5O5S2. The van der Waals surface area contributed by atoms with Crippen molar-refractivity contribution in [2.75, 3.05) is 18.2 Å². The molecule has 2 aromatic heterocycles. The zero-order valence-electron chi connectivity index (χ0n) is 19.4. The quantitative estimate of drug-likeness (QED) is 0.335. The van der Waals surface area contributed by atoms with Gasteiger partial charge in [0.05, 0.1) is 23.3 Å². The number of benzene rings is 1. The molecular weight excluding hydrogens is 478 g/mol. The summed E-state index contributed by atoms with van der Waals surface area (Å²) in [6.07, 6.45) is -0.355. The fraction of sp³-hybridized carbons (Fsp3) is 0.318. The first kappa shape index (κ1) is 25.2. The molecule has 2 amide bonds. The molecule has 0 saturated heterocycles. The van der Waals surface area contributed by atoms with Crippen LogP contribution in [0.2, 0.25) is 0 Å². The van der Waals surface area contributed by atoms with Gasteiger partial charge < -0.3 is 25.1 Å². The van der Waals surface area contributed by atoms with Crippen LogP contribution in [0.1, 0.15) is 50.0 Å². The molecule has 1 aromatic carbocycles. The summed E-state index contributed by atoms with van der Waals surface area (Å²) in [6, 6.07) is 7.71. The number of ether oxygens (including phenoxy) is 2. The van der Waals surface area contributed by atoms with E-state index < -0.39 is 11.9 Å². The van der Waals surface area contributed by atoms with E-state index in [0.717, 1.165) is 22.6 Å². The van der Waals surface area contributed by atoms with E-state index >= 15 is 0 Å². The highest BCUT2D eigenvalue weighted by Gasteiger charge is 2.25. The van der Waals surface area contributed by atoms with Gasteiger partial charge >= 0.3 is 5.97 Å². The summed E-state index contributed by atoms with van der Waals surface area (Å²) in [5.41, 5.74) is 6.95. The second kappa shape index (κ2) is 10.7. The van der Waals surface area contributed by atoms with Gasteiger partial charge in [0.1, 0.15) is 10.8 Å². The second-order valence-electron chi connectivity index (χ2n) is 7.43. The molecule has 2 heterocycles. The Balaban J connectivity index is 1.67. The maximum Gasteiger partial charge on any atom is 0.341 e. The van der Waals surface area contributed by atoms with Gasteiger partial charge in [0.25, 0.3) is 5.91 Å². The first-order valence-electron chi connectivity index (χ1n) is 10.2. The molecule has 180 valence electrons. The van der Waals surface area contributed by atoms with Crippen LogP contribution in [0.4, 0.5) is 5.00 Å². The molecule has 12 heteroatoms. The van der Waals surface area contributed by atoms with Gasteiger partial charge in [-0.25, -0.2) is 4.79 Å². The number of nitrogens with zero attached hydrogens (tertiary/aromatic N) is 3. The lowest BCUT2D eigenvalue weighted by Crippen LogP contribution is -2.16. The Labute approximate surface area is 204 Å². The molecule has 0 aliphatic carbocycles. The van der Waals surface area contributed by atoms with Gasteiger partial charge in [-0.05, 0) is 44.0 Å². The number of aryl methyl sites for hydroxylation is 1. The van der Waals surface area contributed by atoms with Crippen molar-refractivity contribution in [2.45, 2.75) is 32.0 Å². The average Bonchev–Trinajstić information content (AvgIpc) is 3.31. The molecule has 3 aromatic rings. The van der Waals surface area contributed by atoms with Crippen molar-refractivity contribution in [2.24, 2.45) is 12.8 Å². The monoisotopic (exact) mass is 503 g/mol. The molecule has 0 saturated carbocycles. The lowest BCUT2D eigenvalue weighted by molar-refractivity contribution is -0.113. The van der Waals surface area contributed by atoms with Gasteiger partial charge in [-0.2, -0.15) is 0 Å². The number of thioether (sulfide) groups is 1. The van der Waals surface area contributed by atoms with Crippen molar-refractivity contribution in [1.82, 2.24) is 14.8 Å². The smallest absolute Gasteiger partial charge is 0.341 e. The van der Waals surface area contributed by atoms with Gasteiger partial charge in [-0.1, -0.05) is 23.9 Å². The van der Waals surface area contributed by atoms with Gasteiger partial charge in [0.2, 0.25) is 5.91 Å². The Kier molecular flexibility index (Phi) is 7.94. The molecule has 1 atom stereocenters. The summed E-state index contributed by atoms with van der Waals surface area (Å²) in [6.45, 7) is 5.44. The number of carbonyl (C=O) groups is 3. The van der Waals surface area contributed by atoms with Crippen LogP contribution in [-0.2, 0) is 16.6 Å². The van der Waals surface area contributed by atoms with E-state index in [1.54, 1.807) is 18.5 Å². The molecule has 0 spiro atoms. The van der Waals surface area contributed by atoms with Crippen molar-refractivity contribution in [1.29, 1.82) is 0 Å². The van der Waals surface area contributed by atoms with E-state index in [1.165, 1.54) is 18.9 Å². The Bertz CT molecular complexity index is 1240. The van der Waals surface area contributed by atoms with Crippen molar-refractivity contribution in [3.8, 4) is 5.75 Å². The molecule has 0 fully saturated rings. The summed E-state index contributed by atoms with van der Waals surface area (Å²) in [7, 11) is 3.02. The van der Waals surface area contributed by atoms with Gasteiger partial charge in [0.15, 0.2) is 17.1 Å². The summed E-state index contributed by atoms with van der Waals surface area (Å²) in [5.74, 6) is -0.394. The van der Waals surface area contributed by atoms with Crippen molar-refractivity contribution in [3.05, 3.63) is 51.7 Å². The normalized spacial score (nSPS) is 11.7. The van der Waals surface area contributed by atoms with Crippen LogP contribution in [0.3, 0.4) is 0 Å². The highest BCUT2D eigenvalue weighted by atomic mass is 32.2. The maximum atomic E-state index is 12.6. The minimum atomic E-state index is -0.684. The van der Waals surface area contributed by atoms with Gasteiger partial charge in [0, 0.05) is 7.05 Å². The van der Waals surface area contributed by atoms with Crippen molar-refractivity contribution >= 4 is 45.9 Å². The van der Waals surface area contributed by atoms with Crippen LogP contribution in [0.15, 0.2) is 29.4 Å². The third-order valence-corrected chi connectivity index (χ3v) is 7.12. The first-order chi connectivity index (χ1) is 16.1. The van der Waals surface area contributed by atoms with E-state index in [1.807, 2.05) is 38.1 Å². The van der Waals surface area contributed by atoms with Crippen LogP contribution >= 0.6 is 23.1 Å². The molecule has 0 aliphatic heterocycles. The molecule has 0 aliphatic rings. The van der Waals surface area contributed by atoms with E-state index in [0.29, 0.717) is 16.5 Å². The topological polar surface area (TPSA) is 138 Å². The number of primary amides is 1. The lowest BCUT2D eigenvalue weighted by Gasteiger charge is -2.14. The van der Waals surface area contributed by atoms with Crippen LogP contribution in [-0.4, -0.2) is 45.4 Å². The standard InChI is InChI=1S/C22H25N5O5S2/c1-11-7-6-8-14(9-11)32-13(3)19-25-26-22(27(19)4)33-10-15(28)24-20-16(21(30)31-5)12(2)17(34-20)18(23)29/h6-9,13H,10H2,1-5H3,(H2,23,29)(H,24,28). The highest BCUT2D eigenvalue weighted by molar-refractivity contribution is 7.99.